The molecule has 2 aliphatic rings. The monoisotopic (exact) mass is 345 g/mol. The topological polar surface area (TPSA) is 44.7 Å². The maximum absolute atomic E-state index is 12.3. The molecule has 0 radical (unpaired) electrons. The van der Waals surface area contributed by atoms with Crippen LogP contribution < -0.4 is 5.32 Å². The first-order chi connectivity index (χ1) is 11.6. The molecule has 24 heavy (non-hydrogen) atoms. The summed E-state index contributed by atoms with van der Waals surface area (Å²) in [6.07, 6.45) is 6.91. The smallest absolute Gasteiger partial charge is 0.226 e. The predicted octanol–water partition coefficient (Wildman–Crippen LogP) is 4.06. The average molecular weight is 346 g/mol. The highest BCUT2D eigenvalue weighted by Gasteiger charge is 2.29. The molecule has 1 heterocycles. The molecule has 1 unspecified atom stereocenters. The van der Waals surface area contributed by atoms with Crippen LogP contribution in [0.2, 0.25) is 0 Å². The van der Waals surface area contributed by atoms with Crippen LogP contribution in [0.3, 0.4) is 0 Å². The van der Waals surface area contributed by atoms with Gasteiger partial charge in [0, 0.05) is 31.0 Å². The number of carbonyl (C=O) groups is 1. The van der Waals surface area contributed by atoms with E-state index in [1.54, 1.807) is 11.8 Å². The third-order valence-electron chi connectivity index (χ3n) is 4.88. The van der Waals surface area contributed by atoms with Crippen LogP contribution in [0, 0.1) is 6.92 Å². The average Bonchev–Trinajstić information content (AvgIpc) is 2.91. The fraction of sp³-hybridized carbons (Fsp3) is 0.579. The van der Waals surface area contributed by atoms with Gasteiger partial charge in [0.05, 0.1) is 6.04 Å². The van der Waals surface area contributed by atoms with E-state index in [9.17, 15) is 4.79 Å². The van der Waals surface area contributed by atoms with Crippen molar-refractivity contribution in [3.8, 4) is 0 Å². The van der Waals surface area contributed by atoms with Gasteiger partial charge in [-0.15, -0.1) is 0 Å². The third-order valence-corrected chi connectivity index (χ3v) is 6.08. The number of hydrogen-bond donors (Lipinski definition) is 1. The van der Waals surface area contributed by atoms with Crippen molar-refractivity contribution in [3.05, 3.63) is 29.8 Å². The number of nitrogens with zero attached hydrogens (tertiary/aromatic N) is 2. The van der Waals surface area contributed by atoms with Crippen LogP contribution in [0.4, 0.5) is 5.69 Å². The minimum absolute atomic E-state index is 0.0789. The molecule has 1 amide bonds. The number of anilines is 1. The van der Waals surface area contributed by atoms with E-state index in [0.29, 0.717) is 12.5 Å². The Morgan fingerprint density at radius 2 is 1.96 bits per heavy atom. The van der Waals surface area contributed by atoms with E-state index in [1.165, 1.54) is 37.7 Å². The number of carbonyl (C=O) groups excluding carboxylic acids is 1. The third kappa shape index (κ3) is 4.53. The molecule has 1 saturated heterocycles. The molecule has 1 aliphatic carbocycles. The maximum Gasteiger partial charge on any atom is 0.226 e. The van der Waals surface area contributed by atoms with Crippen molar-refractivity contribution in [2.45, 2.75) is 57.5 Å². The number of hydrogen-bond acceptors (Lipinski definition) is 3. The minimum Gasteiger partial charge on any atom is -0.350 e. The molecule has 1 N–H and O–H groups in total. The Bertz CT molecular complexity index is 593. The largest absolute Gasteiger partial charge is 0.350 e. The van der Waals surface area contributed by atoms with Crippen molar-refractivity contribution < 1.29 is 4.79 Å². The number of aliphatic imine (C=N–C) groups is 1. The van der Waals surface area contributed by atoms with Gasteiger partial charge in [-0.05, 0) is 31.9 Å². The Balaban J connectivity index is 1.53. The molecule has 3 rings (SSSR count). The Labute approximate surface area is 149 Å². The Morgan fingerprint density at radius 1 is 1.25 bits per heavy atom. The number of amidine groups is 1. The molecule has 130 valence electrons. The summed E-state index contributed by atoms with van der Waals surface area (Å²) in [5, 5.41) is 4.12. The number of benzene rings is 1. The lowest BCUT2D eigenvalue weighted by Crippen LogP contribution is -2.34. The molecule has 4 nitrogen and oxygen atoms in total. The Hall–Kier alpha value is -1.49. The molecule has 5 heteroatoms. The molecule has 1 aliphatic heterocycles. The number of rotatable bonds is 4. The van der Waals surface area contributed by atoms with E-state index >= 15 is 0 Å². The first kappa shape index (κ1) is 17.3. The number of nitrogens with one attached hydrogen (secondary N) is 1. The standard InChI is InChI=1S/C19H27N3OS/c1-14-8-10-16(11-9-14)20-18(23)12-17-13-24-19(22(17)2)21-15-6-4-3-5-7-15/h8-11,15,17H,3-7,12-13H2,1-2H3,(H,20,23). The van der Waals surface area contributed by atoms with Gasteiger partial charge in [0.15, 0.2) is 5.17 Å². The minimum atomic E-state index is 0.0789. The van der Waals surface area contributed by atoms with Gasteiger partial charge >= 0.3 is 0 Å². The van der Waals surface area contributed by atoms with Crippen molar-refractivity contribution in [3.63, 3.8) is 0 Å². The van der Waals surface area contributed by atoms with Gasteiger partial charge in [0.2, 0.25) is 5.91 Å². The van der Waals surface area contributed by atoms with Crippen molar-refractivity contribution in [1.82, 2.24) is 4.90 Å². The molecule has 1 saturated carbocycles. The lowest BCUT2D eigenvalue weighted by molar-refractivity contribution is -0.116. The second-order valence-corrected chi connectivity index (χ2v) is 7.88. The second kappa shape index (κ2) is 8.06. The zero-order chi connectivity index (χ0) is 16.9. The van der Waals surface area contributed by atoms with Crippen LogP contribution in [0.15, 0.2) is 29.3 Å². The summed E-state index contributed by atoms with van der Waals surface area (Å²) in [5.74, 6) is 1.03. The highest BCUT2D eigenvalue weighted by atomic mass is 32.2. The van der Waals surface area contributed by atoms with E-state index in [4.69, 9.17) is 4.99 Å². The van der Waals surface area contributed by atoms with Gasteiger partial charge in [-0.3, -0.25) is 9.79 Å². The molecule has 1 atom stereocenters. The lowest BCUT2D eigenvalue weighted by Gasteiger charge is -2.23. The molecule has 0 aromatic heterocycles. The molecular weight excluding hydrogens is 318 g/mol. The number of amides is 1. The van der Waals surface area contributed by atoms with Crippen molar-refractivity contribution in [1.29, 1.82) is 0 Å². The predicted molar refractivity (Wildman–Crippen MR) is 103 cm³/mol. The summed E-state index contributed by atoms with van der Waals surface area (Å²) in [6.45, 7) is 2.05. The lowest BCUT2D eigenvalue weighted by atomic mass is 9.96. The van der Waals surface area contributed by atoms with Crippen LogP contribution >= 0.6 is 11.8 Å². The van der Waals surface area contributed by atoms with Gasteiger partial charge in [-0.25, -0.2) is 0 Å². The zero-order valence-electron chi connectivity index (χ0n) is 14.6. The van der Waals surface area contributed by atoms with E-state index in [2.05, 4.69) is 17.3 Å². The van der Waals surface area contributed by atoms with Crippen LogP contribution in [0.1, 0.15) is 44.1 Å². The number of thioether (sulfide) groups is 1. The van der Waals surface area contributed by atoms with Crippen LogP contribution in [-0.4, -0.2) is 40.9 Å². The normalized spacial score (nSPS) is 23.7. The summed E-state index contributed by atoms with van der Waals surface area (Å²) >= 11 is 1.80. The Kier molecular flexibility index (Phi) is 5.82. The molecule has 1 aromatic carbocycles. The zero-order valence-corrected chi connectivity index (χ0v) is 15.4. The van der Waals surface area contributed by atoms with E-state index in [-0.39, 0.29) is 11.9 Å². The van der Waals surface area contributed by atoms with Gasteiger partial charge in [-0.1, -0.05) is 48.7 Å². The van der Waals surface area contributed by atoms with Gasteiger partial charge in [0.1, 0.15) is 0 Å². The highest BCUT2D eigenvalue weighted by Crippen LogP contribution is 2.28. The van der Waals surface area contributed by atoms with Crippen molar-refractivity contribution >= 4 is 28.5 Å². The number of aryl methyl sites for hydroxylation is 1. The Morgan fingerprint density at radius 3 is 2.67 bits per heavy atom. The van der Waals surface area contributed by atoms with Crippen LogP contribution in [0.25, 0.3) is 0 Å². The van der Waals surface area contributed by atoms with Crippen LogP contribution in [-0.2, 0) is 4.79 Å². The highest BCUT2D eigenvalue weighted by molar-refractivity contribution is 8.14. The molecular formula is C19H27N3OS. The quantitative estimate of drug-likeness (QED) is 0.895. The summed E-state index contributed by atoms with van der Waals surface area (Å²) < 4.78 is 0. The summed E-state index contributed by atoms with van der Waals surface area (Å²) in [4.78, 5) is 19.5. The summed E-state index contributed by atoms with van der Waals surface area (Å²) in [6, 6.07) is 8.67. The van der Waals surface area contributed by atoms with Crippen molar-refractivity contribution in [2.75, 3.05) is 18.1 Å². The maximum atomic E-state index is 12.3. The second-order valence-electron chi connectivity index (χ2n) is 6.90. The van der Waals surface area contributed by atoms with E-state index < -0.39 is 0 Å². The van der Waals surface area contributed by atoms with Gasteiger partial charge in [0.25, 0.3) is 0 Å². The van der Waals surface area contributed by atoms with E-state index in [1.807, 2.05) is 31.2 Å². The molecule has 2 fully saturated rings. The van der Waals surface area contributed by atoms with E-state index in [0.717, 1.165) is 16.6 Å². The van der Waals surface area contributed by atoms with Crippen LogP contribution in [0.5, 0.6) is 0 Å². The van der Waals surface area contributed by atoms with Crippen molar-refractivity contribution in [2.24, 2.45) is 4.99 Å². The summed E-state index contributed by atoms with van der Waals surface area (Å²) in [5.41, 5.74) is 2.07. The molecule has 1 aromatic rings. The molecule has 0 spiro atoms. The molecule has 0 bridgehead atoms. The summed E-state index contributed by atoms with van der Waals surface area (Å²) in [7, 11) is 2.07. The first-order valence-electron chi connectivity index (χ1n) is 8.92. The van der Waals surface area contributed by atoms with Gasteiger partial charge < -0.3 is 10.2 Å². The fourth-order valence-corrected chi connectivity index (χ4v) is 4.55. The SMILES string of the molecule is Cc1ccc(NC(=O)CC2CSC(=NC3CCCCC3)N2C)cc1. The van der Waals surface area contributed by atoms with Gasteiger partial charge in [-0.2, -0.15) is 0 Å². The fourth-order valence-electron chi connectivity index (χ4n) is 3.29. The first-order valence-corrected chi connectivity index (χ1v) is 9.90.